The maximum atomic E-state index is 3.68. The Morgan fingerprint density at radius 3 is 2.06 bits per heavy atom. The predicted molar refractivity (Wildman–Crippen MR) is 71.8 cm³/mol. The van der Waals surface area contributed by atoms with Gasteiger partial charge < -0.3 is 10.2 Å². The summed E-state index contributed by atoms with van der Waals surface area (Å²) < 4.78 is 0. The third-order valence-corrected chi connectivity index (χ3v) is 3.84. The van der Waals surface area contributed by atoms with Gasteiger partial charge in [-0.25, -0.2) is 0 Å². The van der Waals surface area contributed by atoms with Gasteiger partial charge >= 0.3 is 0 Å². The Labute approximate surface area is 102 Å². The van der Waals surface area contributed by atoms with Crippen molar-refractivity contribution in [3.05, 3.63) is 0 Å². The summed E-state index contributed by atoms with van der Waals surface area (Å²) in [6, 6.07) is 0. The van der Waals surface area contributed by atoms with Gasteiger partial charge in [0.05, 0.1) is 0 Å². The summed E-state index contributed by atoms with van der Waals surface area (Å²) in [4.78, 5) is 2.45. The molecule has 1 fully saturated rings. The zero-order valence-electron chi connectivity index (χ0n) is 11.9. The molecule has 0 heterocycles. The van der Waals surface area contributed by atoms with E-state index in [9.17, 15) is 0 Å². The van der Waals surface area contributed by atoms with Crippen molar-refractivity contribution in [3.63, 3.8) is 0 Å². The fourth-order valence-corrected chi connectivity index (χ4v) is 2.66. The van der Waals surface area contributed by atoms with Crippen molar-refractivity contribution in [2.75, 3.05) is 27.2 Å². The van der Waals surface area contributed by atoms with Crippen molar-refractivity contribution in [1.29, 1.82) is 0 Å². The van der Waals surface area contributed by atoms with E-state index in [2.05, 4.69) is 45.1 Å². The minimum Gasteiger partial charge on any atom is -0.314 e. The lowest BCUT2D eigenvalue weighted by Crippen LogP contribution is -2.53. The molecule has 0 bridgehead atoms. The van der Waals surface area contributed by atoms with Crippen LogP contribution in [0.25, 0.3) is 0 Å². The molecule has 0 radical (unpaired) electrons. The molecule has 16 heavy (non-hydrogen) atoms. The first kappa shape index (κ1) is 14.0. The summed E-state index contributed by atoms with van der Waals surface area (Å²) in [5.74, 6) is 0. The molecule has 1 saturated carbocycles. The highest BCUT2D eigenvalue weighted by molar-refractivity contribution is 4.92. The van der Waals surface area contributed by atoms with E-state index in [0.29, 0.717) is 11.0 Å². The normalized spacial score (nSPS) is 21.4. The van der Waals surface area contributed by atoms with Crippen molar-refractivity contribution >= 4 is 0 Å². The second-order valence-corrected chi connectivity index (χ2v) is 6.84. The Balaban J connectivity index is 2.45. The minimum atomic E-state index is 0.391. The quantitative estimate of drug-likeness (QED) is 0.793. The summed E-state index contributed by atoms with van der Waals surface area (Å²) in [5, 5.41) is 3.68. The van der Waals surface area contributed by atoms with Gasteiger partial charge in [-0.2, -0.15) is 0 Å². The predicted octanol–water partition coefficient (Wildman–Crippen LogP) is 2.89. The van der Waals surface area contributed by atoms with E-state index in [-0.39, 0.29) is 0 Å². The van der Waals surface area contributed by atoms with E-state index in [1.54, 1.807) is 0 Å². The van der Waals surface area contributed by atoms with Gasteiger partial charge in [-0.1, -0.05) is 40.0 Å². The highest BCUT2D eigenvalue weighted by Crippen LogP contribution is 2.31. The second kappa shape index (κ2) is 5.50. The fourth-order valence-electron chi connectivity index (χ4n) is 2.66. The van der Waals surface area contributed by atoms with Gasteiger partial charge in [0.15, 0.2) is 0 Å². The molecule has 1 aliphatic carbocycles. The minimum absolute atomic E-state index is 0.391. The summed E-state index contributed by atoms with van der Waals surface area (Å²) in [5.41, 5.74) is 0.811. The van der Waals surface area contributed by atoms with Gasteiger partial charge in [-0.05, 0) is 32.4 Å². The molecule has 1 aliphatic rings. The van der Waals surface area contributed by atoms with Gasteiger partial charge in [0, 0.05) is 18.6 Å². The lowest BCUT2D eigenvalue weighted by Gasteiger charge is -2.43. The molecule has 0 aromatic carbocycles. The molecule has 0 unspecified atom stereocenters. The average Bonchev–Trinajstić information content (AvgIpc) is 2.17. The smallest absolute Gasteiger partial charge is 0.0327 e. The SMILES string of the molecule is CN(C)C1(CNCC(C)(C)C)CCCCC1. The van der Waals surface area contributed by atoms with Gasteiger partial charge in [0.25, 0.3) is 0 Å². The summed E-state index contributed by atoms with van der Waals surface area (Å²) in [7, 11) is 4.48. The van der Waals surface area contributed by atoms with Crippen LogP contribution in [-0.2, 0) is 0 Å². The monoisotopic (exact) mass is 226 g/mol. The molecular weight excluding hydrogens is 196 g/mol. The molecule has 1 N–H and O–H groups in total. The van der Waals surface area contributed by atoms with E-state index in [1.165, 1.54) is 32.1 Å². The van der Waals surface area contributed by atoms with Crippen LogP contribution >= 0.6 is 0 Å². The molecule has 2 nitrogen and oxygen atoms in total. The molecule has 0 aromatic heterocycles. The van der Waals surface area contributed by atoms with E-state index in [1.807, 2.05) is 0 Å². The molecule has 0 amide bonds. The van der Waals surface area contributed by atoms with Crippen molar-refractivity contribution in [2.24, 2.45) is 5.41 Å². The van der Waals surface area contributed by atoms with E-state index in [4.69, 9.17) is 0 Å². The van der Waals surface area contributed by atoms with Crippen LogP contribution in [-0.4, -0.2) is 37.6 Å². The summed E-state index contributed by atoms with van der Waals surface area (Å²) >= 11 is 0. The molecule has 0 saturated heterocycles. The molecule has 96 valence electrons. The van der Waals surface area contributed by atoms with Crippen LogP contribution in [0.3, 0.4) is 0 Å². The van der Waals surface area contributed by atoms with Gasteiger partial charge in [-0.15, -0.1) is 0 Å². The molecule has 0 aliphatic heterocycles. The van der Waals surface area contributed by atoms with Crippen LogP contribution in [0.1, 0.15) is 52.9 Å². The maximum Gasteiger partial charge on any atom is 0.0327 e. The van der Waals surface area contributed by atoms with Crippen molar-refractivity contribution < 1.29 is 0 Å². The maximum absolute atomic E-state index is 3.68. The Bertz CT molecular complexity index is 197. The average molecular weight is 226 g/mol. The van der Waals surface area contributed by atoms with Crippen LogP contribution in [0.4, 0.5) is 0 Å². The van der Waals surface area contributed by atoms with Crippen LogP contribution in [0.15, 0.2) is 0 Å². The van der Waals surface area contributed by atoms with Crippen LogP contribution < -0.4 is 5.32 Å². The highest BCUT2D eigenvalue weighted by atomic mass is 15.2. The Kier molecular flexibility index (Phi) is 4.81. The van der Waals surface area contributed by atoms with Crippen LogP contribution in [0.2, 0.25) is 0 Å². The first-order valence-corrected chi connectivity index (χ1v) is 6.74. The van der Waals surface area contributed by atoms with Crippen LogP contribution in [0, 0.1) is 5.41 Å². The largest absolute Gasteiger partial charge is 0.314 e. The second-order valence-electron chi connectivity index (χ2n) is 6.84. The van der Waals surface area contributed by atoms with E-state index in [0.717, 1.165) is 13.1 Å². The molecule has 2 heteroatoms. The highest BCUT2D eigenvalue weighted by Gasteiger charge is 2.33. The Hall–Kier alpha value is -0.0800. The zero-order chi connectivity index (χ0) is 12.2. The third kappa shape index (κ3) is 4.06. The molecule has 0 atom stereocenters. The number of rotatable bonds is 4. The van der Waals surface area contributed by atoms with E-state index < -0.39 is 0 Å². The Morgan fingerprint density at radius 1 is 1.06 bits per heavy atom. The van der Waals surface area contributed by atoms with Gasteiger partial charge in [0.2, 0.25) is 0 Å². The Morgan fingerprint density at radius 2 is 1.62 bits per heavy atom. The zero-order valence-corrected chi connectivity index (χ0v) is 11.9. The number of nitrogens with zero attached hydrogens (tertiary/aromatic N) is 1. The number of hydrogen-bond donors (Lipinski definition) is 1. The number of hydrogen-bond acceptors (Lipinski definition) is 2. The lowest BCUT2D eigenvalue weighted by atomic mass is 9.80. The molecule has 0 aromatic rings. The third-order valence-electron chi connectivity index (χ3n) is 3.84. The molecule has 0 spiro atoms. The summed E-state index contributed by atoms with van der Waals surface area (Å²) in [6.45, 7) is 9.15. The molecular formula is C14H30N2. The fraction of sp³-hybridized carbons (Fsp3) is 1.00. The summed E-state index contributed by atoms with van der Waals surface area (Å²) in [6.07, 6.45) is 6.94. The lowest BCUT2D eigenvalue weighted by molar-refractivity contribution is 0.0959. The first-order valence-electron chi connectivity index (χ1n) is 6.74. The van der Waals surface area contributed by atoms with Crippen LogP contribution in [0.5, 0.6) is 0 Å². The van der Waals surface area contributed by atoms with Crippen molar-refractivity contribution in [2.45, 2.75) is 58.4 Å². The first-order chi connectivity index (χ1) is 7.36. The van der Waals surface area contributed by atoms with Gasteiger partial charge in [-0.3, -0.25) is 0 Å². The van der Waals surface area contributed by atoms with Crippen molar-refractivity contribution in [3.8, 4) is 0 Å². The molecule has 1 rings (SSSR count). The number of likely N-dealkylation sites (N-methyl/N-ethyl adjacent to an activating group) is 1. The van der Waals surface area contributed by atoms with E-state index >= 15 is 0 Å². The number of nitrogens with one attached hydrogen (secondary N) is 1. The van der Waals surface area contributed by atoms with Gasteiger partial charge in [0.1, 0.15) is 0 Å². The topological polar surface area (TPSA) is 15.3 Å². The van der Waals surface area contributed by atoms with Crippen molar-refractivity contribution in [1.82, 2.24) is 10.2 Å². The standard InChI is InChI=1S/C14H30N2/c1-13(2,3)11-15-12-14(16(4)5)9-7-6-8-10-14/h15H,6-12H2,1-5H3.